The molecule has 0 spiro atoms. The highest BCUT2D eigenvalue weighted by Gasteiger charge is 1.97. The molecule has 0 fully saturated rings. The third kappa shape index (κ3) is 9.43. The van der Waals surface area contributed by atoms with Gasteiger partial charge in [0.15, 0.2) is 0 Å². The van der Waals surface area contributed by atoms with E-state index in [9.17, 15) is 4.79 Å². The van der Waals surface area contributed by atoms with Crippen molar-refractivity contribution >= 4 is 5.97 Å². The van der Waals surface area contributed by atoms with Gasteiger partial charge in [-0.25, -0.2) is 0 Å². The van der Waals surface area contributed by atoms with Crippen LogP contribution in [0.4, 0.5) is 0 Å². The maximum atomic E-state index is 10.1. The van der Waals surface area contributed by atoms with Gasteiger partial charge in [0.1, 0.15) is 0 Å². The lowest BCUT2D eigenvalue weighted by Crippen LogP contribution is -2.03. The minimum absolute atomic E-state index is 0.210. The number of rotatable bonds is 7. The normalized spacial score (nSPS) is 10.6. The quantitative estimate of drug-likeness (QED) is 0.600. The number of hydrogen-bond donors (Lipinski definition) is 1. The number of carboxylic acids is 1. The largest absolute Gasteiger partial charge is 0.481 e. The van der Waals surface area contributed by atoms with E-state index in [0.29, 0.717) is 18.9 Å². The first-order valence-electron chi connectivity index (χ1n) is 4.42. The van der Waals surface area contributed by atoms with Crippen molar-refractivity contribution in [2.75, 3.05) is 13.2 Å². The van der Waals surface area contributed by atoms with Crippen LogP contribution in [0.1, 0.15) is 33.1 Å². The molecule has 0 saturated carbocycles. The zero-order valence-electron chi connectivity index (χ0n) is 7.88. The van der Waals surface area contributed by atoms with E-state index in [1.54, 1.807) is 0 Å². The standard InChI is InChI=1S/C9H18O3/c1-8(2)5-7-12-6-3-4-9(10)11/h8H,3-7H2,1-2H3,(H,10,11). The van der Waals surface area contributed by atoms with E-state index < -0.39 is 5.97 Å². The van der Waals surface area contributed by atoms with Crippen LogP contribution in [0, 0.1) is 5.92 Å². The predicted molar refractivity (Wildman–Crippen MR) is 47.1 cm³/mol. The Morgan fingerprint density at radius 3 is 2.58 bits per heavy atom. The Morgan fingerprint density at radius 2 is 2.08 bits per heavy atom. The van der Waals surface area contributed by atoms with Crippen molar-refractivity contribution in [3.8, 4) is 0 Å². The number of carbonyl (C=O) groups is 1. The molecular weight excluding hydrogens is 156 g/mol. The summed E-state index contributed by atoms with van der Waals surface area (Å²) in [4.78, 5) is 10.1. The molecule has 0 heterocycles. The second-order valence-electron chi connectivity index (χ2n) is 3.29. The summed E-state index contributed by atoms with van der Waals surface area (Å²) in [5.74, 6) is -0.0908. The van der Waals surface area contributed by atoms with Gasteiger partial charge in [0.2, 0.25) is 0 Å². The summed E-state index contributed by atoms with van der Waals surface area (Å²) in [6.45, 7) is 5.59. The van der Waals surface area contributed by atoms with Gasteiger partial charge in [0.25, 0.3) is 0 Å². The third-order valence-electron chi connectivity index (χ3n) is 1.52. The summed E-state index contributed by atoms with van der Waals surface area (Å²) in [6.07, 6.45) is 1.88. The molecule has 0 saturated heterocycles. The molecule has 0 atom stereocenters. The molecule has 72 valence electrons. The van der Waals surface area contributed by atoms with Crippen LogP contribution >= 0.6 is 0 Å². The molecule has 0 aromatic heterocycles. The van der Waals surface area contributed by atoms with Gasteiger partial charge >= 0.3 is 5.97 Å². The van der Waals surface area contributed by atoms with Gasteiger partial charge in [-0.3, -0.25) is 4.79 Å². The summed E-state index contributed by atoms with van der Waals surface area (Å²) in [5, 5.41) is 8.30. The van der Waals surface area contributed by atoms with Crippen LogP contribution in [0.5, 0.6) is 0 Å². The van der Waals surface area contributed by atoms with Crippen LogP contribution < -0.4 is 0 Å². The first-order chi connectivity index (χ1) is 5.63. The van der Waals surface area contributed by atoms with Crippen molar-refractivity contribution in [2.24, 2.45) is 5.92 Å². The molecule has 0 bridgehead atoms. The molecule has 3 nitrogen and oxygen atoms in total. The molecule has 0 aliphatic heterocycles. The van der Waals surface area contributed by atoms with E-state index in [1.165, 1.54) is 0 Å². The summed E-state index contributed by atoms with van der Waals surface area (Å²) in [6, 6.07) is 0. The molecule has 3 heteroatoms. The first kappa shape index (κ1) is 11.4. The van der Waals surface area contributed by atoms with E-state index in [-0.39, 0.29) is 6.42 Å². The van der Waals surface area contributed by atoms with Crippen LogP contribution in [0.25, 0.3) is 0 Å². The van der Waals surface area contributed by atoms with Gasteiger partial charge in [-0.05, 0) is 18.8 Å². The van der Waals surface area contributed by atoms with Gasteiger partial charge in [0, 0.05) is 19.6 Å². The number of carboxylic acid groups (broad SMARTS) is 1. The van der Waals surface area contributed by atoms with Gasteiger partial charge in [0.05, 0.1) is 0 Å². The number of ether oxygens (including phenoxy) is 1. The Labute approximate surface area is 73.7 Å². The maximum Gasteiger partial charge on any atom is 0.303 e. The van der Waals surface area contributed by atoms with Gasteiger partial charge < -0.3 is 9.84 Å². The summed E-state index contributed by atoms with van der Waals surface area (Å²) in [5.41, 5.74) is 0. The van der Waals surface area contributed by atoms with Crippen molar-refractivity contribution in [1.82, 2.24) is 0 Å². The van der Waals surface area contributed by atoms with E-state index >= 15 is 0 Å². The molecule has 0 aromatic rings. The molecule has 0 rings (SSSR count). The van der Waals surface area contributed by atoms with E-state index in [2.05, 4.69) is 13.8 Å². The Bertz CT molecular complexity index is 121. The van der Waals surface area contributed by atoms with E-state index in [4.69, 9.17) is 9.84 Å². The lowest BCUT2D eigenvalue weighted by atomic mass is 10.1. The Kier molecular flexibility index (Phi) is 6.76. The van der Waals surface area contributed by atoms with Gasteiger partial charge in [-0.1, -0.05) is 13.8 Å². The SMILES string of the molecule is CC(C)CCOCCCC(=O)O. The molecule has 0 aliphatic rings. The summed E-state index contributed by atoms with van der Waals surface area (Å²) >= 11 is 0. The first-order valence-corrected chi connectivity index (χ1v) is 4.42. The van der Waals surface area contributed by atoms with Gasteiger partial charge in [-0.15, -0.1) is 0 Å². The maximum absolute atomic E-state index is 10.1. The van der Waals surface area contributed by atoms with E-state index in [1.807, 2.05) is 0 Å². The average Bonchev–Trinajstić information content (AvgIpc) is 1.95. The highest BCUT2D eigenvalue weighted by molar-refractivity contribution is 5.66. The van der Waals surface area contributed by atoms with Crippen molar-refractivity contribution in [3.05, 3.63) is 0 Å². The fourth-order valence-electron chi connectivity index (χ4n) is 0.747. The zero-order valence-corrected chi connectivity index (χ0v) is 7.88. The fraction of sp³-hybridized carbons (Fsp3) is 0.889. The van der Waals surface area contributed by atoms with Crippen LogP contribution in [0.15, 0.2) is 0 Å². The van der Waals surface area contributed by atoms with Crippen molar-refractivity contribution in [3.63, 3.8) is 0 Å². The van der Waals surface area contributed by atoms with Crippen molar-refractivity contribution in [2.45, 2.75) is 33.1 Å². The molecular formula is C9H18O3. The topological polar surface area (TPSA) is 46.5 Å². The highest BCUT2D eigenvalue weighted by atomic mass is 16.5. The molecule has 12 heavy (non-hydrogen) atoms. The molecule has 0 aliphatic carbocycles. The highest BCUT2D eigenvalue weighted by Crippen LogP contribution is 1.99. The lowest BCUT2D eigenvalue weighted by molar-refractivity contribution is -0.137. The fourth-order valence-corrected chi connectivity index (χ4v) is 0.747. The Balaban J connectivity index is 2.96. The summed E-state index contributed by atoms with van der Waals surface area (Å²) < 4.78 is 5.23. The van der Waals surface area contributed by atoms with Crippen LogP contribution in [-0.4, -0.2) is 24.3 Å². The zero-order chi connectivity index (χ0) is 9.40. The van der Waals surface area contributed by atoms with Crippen LogP contribution in [-0.2, 0) is 9.53 Å². The monoisotopic (exact) mass is 174 g/mol. The smallest absolute Gasteiger partial charge is 0.303 e. The second-order valence-corrected chi connectivity index (χ2v) is 3.29. The lowest BCUT2D eigenvalue weighted by Gasteiger charge is -2.04. The Hall–Kier alpha value is -0.570. The Morgan fingerprint density at radius 1 is 1.42 bits per heavy atom. The van der Waals surface area contributed by atoms with E-state index in [0.717, 1.165) is 13.0 Å². The van der Waals surface area contributed by atoms with Crippen molar-refractivity contribution in [1.29, 1.82) is 0 Å². The van der Waals surface area contributed by atoms with Crippen molar-refractivity contribution < 1.29 is 14.6 Å². The van der Waals surface area contributed by atoms with Crippen LogP contribution in [0.3, 0.4) is 0 Å². The third-order valence-corrected chi connectivity index (χ3v) is 1.52. The van der Waals surface area contributed by atoms with Crippen LogP contribution in [0.2, 0.25) is 0 Å². The van der Waals surface area contributed by atoms with Gasteiger partial charge in [-0.2, -0.15) is 0 Å². The molecule has 0 aromatic carbocycles. The average molecular weight is 174 g/mol. The number of hydrogen-bond acceptors (Lipinski definition) is 2. The minimum Gasteiger partial charge on any atom is -0.481 e. The molecule has 0 radical (unpaired) electrons. The second kappa shape index (κ2) is 7.10. The predicted octanol–water partition coefficient (Wildman–Crippen LogP) is 1.91. The minimum atomic E-state index is -0.748. The summed E-state index contributed by atoms with van der Waals surface area (Å²) in [7, 11) is 0. The number of aliphatic carboxylic acids is 1. The molecule has 0 amide bonds. The molecule has 1 N–H and O–H groups in total. The molecule has 0 unspecified atom stereocenters.